The standard InChI is InChI=1S/C12H19N3O2/c1-8-3-5-10(6-4-8)11-14-13-7-15(11)9(2)12(16)17/h7-10H,3-6H2,1-2H3,(H,16,17). The molecule has 0 radical (unpaired) electrons. The quantitative estimate of drug-likeness (QED) is 0.875. The number of hydrogen-bond acceptors (Lipinski definition) is 3. The van der Waals surface area contributed by atoms with E-state index in [4.69, 9.17) is 5.11 Å². The van der Waals surface area contributed by atoms with Crippen molar-refractivity contribution in [2.45, 2.75) is 51.5 Å². The fourth-order valence-electron chi connectivity index (χ4n) is 2.48. The van der Waals surface area contributed by atoms with Crippen molar-refractivity contribution in [1.29, 1.82) is 0 Å². The van der Waals surface area contributed by atoms with Gasteiger partial charge >= 0.3 is 5.97 Å². The summed E-state index contributed by atoms with van der Waals surface area (Å²) >= 11 is 0. The first kappa shape index (κ1) is 12.1. The Labute approximate surface area is 101 Å². The molecular weight excluding hydrogens is 218 g/mol. The van der Waals surface area contributed by atoms with Crippen LogP contribution in [0.25, 0.3) is 0 Å². The van der Waals surface area contributed by atoms with E-state index >= 15 is 0 Å². The van der Waals surface area contributed by atoms with Crippen LogP contribution in [0.5, 0.6) is 0 Å². The van der Waals surface area contributed by atoms with Gasteiger partial charge in [-0.1, -0.05) is 19.8 Å². The molecule has 1 saturated carbocycles. The maximum absolute atomic E-state index is 11.0. The van der Waals surface area contributed by atoms with E-state index in [2.05, 4.69) is 17.1 Å². The van der Waals surface area contributed by atoms with E-state index in [1.54, 1.807) is 11.5 Å². The highest BCUT2D eigenvalue weighted by Crippen LogP contribution is 2.35. The fraction of sp³-hybridized carbons (Fsp3) is 0.750. The molecular formula is C12H19N3O2. The monoisotopic (exact) mass is 237 g/mol. The van der Waals surface area contributed by atoms with Crippen LogP contribution in [-0.4, -0.2) is 25.8 Å². The van der Waals surface area contributed by atoms with Gasteiger partial charge in [0.05, 0.1) is 0 Å². The van der Waals surface area contributed by atoms with Gasteiger partial charge in [-0.3, -0.25) is 0 Å². The van der Waals surface area contributed by atoms with Gasteiger partial charge in [-0.05, 0) is 25.7 Å². The lowest BCUT2D eigenvalue weighted by Crippen LogP contribution is -2.21. The van der Waals surface area contributed by atoms with Gasteiger partial charge in [-0.25, -0.2) is 4.79 Å². The summed E-state index contributed by atoms with van der Waals surface area (Å²) in [5, 5.41) is 17.0. The van der Waals surface area contributed by atoms with Crippen molar-refractivity contribution in [2.24, 2.45) is 5.92 Å². The van der Waals surface area contributed by atoms with Crippen LogP contribution in [0.15, 0.2) is 6.33 Å². The second-order valence-corrected chi connectivity index (χ2v) is 5.07. The SMILES string of the molecule is CC1CCC(c2nncn2C(C)C(=O)O)CC1. The van der Waals surface area contributed by atoms with Crippen LogP contribution in [0.1, 0.15) is 57.3 Å². The largest absolute Gasteiger partial charge is 0.480 e. The Balaban J connectivity index is 2.16. The highest BCUT2D eigenvalue weighted by atomic mass is 16.4. The van der Waals surface area contributed by atoms with Crippen molar-refractivity contribution in [1.82, 2.24) is 14.8 Å². The van der Waals surface area contributed by atoms with Crippen molar-refractivity contribution in [3.63, 3.8) is 0 Å². The van der Waals surface area contributed by atoms with Crippen molar-refractivity contribution >= 4 is 5.97 Å². The minimum atomic E-state index is -0.838. The summed E-state index contributed by atoms with van der Waals surface area (Å²) in [5.41, 5.74) is 0. The molecule has 94 valence electrons. The van der Waals surface area contributed by atoms with Crippen molar-refractivity contribution in [3.05, 3.63) is 12.2 Å². The first-order valence-corrected chi connectivity index (χ1v) is 6.21. The summed E-state index contributed by atoms with van der Waals surface area (Å²) in [4.78, 5) is 11.0. The number of nitrogens with zero attached hydrogens (tertiary/aromatic N) is 3. The van der Waals surface area contributed by atoms with E-state index in [-0.39, 0.29) is 0 Å². The molecule has 1 aromatic heterocycles. The summed E-state index contributed by atoms with van der Waals surface area (Å²) in [5.74, 6) is 1.15. The Bertz CT molecular complexity index is 394. The highest BCUT2D eigenvalue weighted by molar-refractivity contribution is 5.71. The lowest BCUT2D eigenvalue weighted by molar-refractivity contribution is -0.140. The first-order chi connectivity index (χ1) is 8.09. The lowest BCUT2D eigenvalue weighted by atomic mass is 9.82. The molecule has 0 aliphatic heterocycles. The predicted molar refractivity (Wildman–Crippen MR) is 62.7 cm³/mol. The average Bonchev–Trinajstić information content (AvgIpc) is 2.77. The zero-order valence-corrected chi connectivity index (χ0v) is 10.3. The molecule has 5 heteroatoms. The summed E-state index contributed by atoms with van der Waals surface area (Å²) < 4.78 is 1.70. The smallest absolute Gasteiger partial charge is 0.326 e. The number of aromatic nitrogens is 3. The molecule has 0 spiro atoms. The van der Waals surface area contributed by atoms with E-state index in [9.17, 15) is 4.79 Å². The normalized spacial score (nSPS) is 26.7. The Hall–Kier alpha value is -1.39. The van der Waals surface area contributed by atoms with Crippen molar-refractivity contribution in [3.8, 4) is 0 Å². The molecule has 1 heterocycles. The van der Waals surface area contributed by atoms with Gasteiger partial charge in [0.25, 0.3) is 0 Å². The van der Waals surface area contributed by atoms with Crippen LogP contribution < -0.4 is 0 Å². The van der Waals surface area contributed by atoms with E-state index in [0.29, 0.717) is 5.92 Å². The van der Waals surface area contributed by atoms with E-state index in [0.717, 1.165) is 24.6 Å². The zero-order valence-electron chi connectivity index (χ0n) is 10.3. The molecule has 2 rings (SSSR count). The first-order valence-electron chi connectivity index (χ1n) is 6.21. The molecule has 1 aliphatic carbocycles. The van der Waals surface area contributed by atoms with Gasteiger partial charge < -0.3 is 9.67 Å². The number of carboxylic acids is 1. The molecule has 1 aliphatic rings. The third-order valence-electron chi connectivity index (χ3n) is 3.76. The van der Waals surface area contributed by atoms with Crippen LogP contribution in [-0.2, 0) is 4.79 Å². The van der Waals surface area contributed by atoms with Gasteiger partial charge in [0.1, 0.15) is 18.2 Å². The Morgan fingerprint density at radius 3 is 2.71 bits per heavy atom. The molecule has 1 atom stereocenters. The highest BCUT2D eigenvalue weighted by Gasteiger charge is 2.26. The topological polar surface area (TPSA) is 68.0 Å². The van der Waals surface area contributed by atoms with Crippen LogP contribution in [0.2, 0.25) is 0 Å². The molecule has 1 N–H and O–H groups in total. The molecule has 1 aromatic rings. The summed E-state index contributed by atoms with van der Waals surface area (Å²) in [6, 6.07) is -0.584. The predicted octanol–water partition coefficient (Wildman–Crippen LogP) is 2.22. The summed E-state index contributed by atoms with van der Waals surface area (Å²) in [7, 11) is 0. The fourth-order valence-corrected chi connectivity index (χ4v) is 2.48. The Kier molecular flexibility index (Phi) is 3.45. The maximum atomic E-state index is 11.0. The van der Waals surface area contributed by atoms with Gasteiger partial charge in [-0.2, -0.15) is 0 Å². The van der Waals surface area contributed by atoms with Crippen molar-refractivity contribution < 1.29 is 9.90 Å². The number of aliphatic carboxylic acids is 1. The van der Waals surface area contributed by atoms with Crippen molar-refractivity contribution in [2.75, 3.05) is 0 Å². The number of hydrogen-bond donors (Lipinski definition) is 1. The molecule has 5 nitrogen and oxygen atoms in total. The second kappa shape index (κ2) is 4.85. The molecule has 1 unspecified atom stereocenters. The third kappa shape index (κ3) is 2.48. The molecule has 0 bridgehead atoms. The lowest BCUT2D eigenvalue weighted by Gasteiger charge is -2.26. The van der Waals surface area contributed by atoms with Gasteiger partial charge in [0, 0.05) is 5.92 Å². The zero-order chi connectivity index (χ0) is 12.4. The Morgan fingerprint density at radius 2 is 2.12 bits per heavy atom. The van der Waals surface area contributed by atoms with Crippen LogP contribution in [0, 0.1) is 5.92 Å². The minimum absolute atomic E-state index is 0.371. The summed E-state index contributed by atoms with van der Waals surface area (Å²) in [6.45, 7) is 3.93. The summed E-state index contributed by atoms with van der Waals surface area (Å²) in [6.07, 6.45) is 6.10. The van der Waals surface area contributed by atoms with E-state index < -0.39 is 12.0 Å². The molecule has 0 aromatic carbocycles. The minimum Gasteiger partial charge on any atom is -0.480 e. The van der Waals surface area contributed by atoms with Gasteiger partial charge in [0.2, 0.25) is 0 Å². The second-order valence-electron chi connectivity index (χ2n) is 5.07. The number of rotatable bonds is 3. The molecule has 0 saturated heterocycles. The Morgan fingerprint density at radius 1 is 1.47 bits per heavy atom. The van der Waals surface area contributed by atoms with Crippen LogP contribution >= 0.6 is 0 Å². The van der Waals surface area contributed by atoms with Gasteiger partial charge in [0.15, 0.2) is 0 Å². The van der Waals surface area contributed by atoms with Gasteiger partial charge in [-0.15, -0.1) is 10.2 Å². The molecule has 1 fully saturated rings. The third-order valence-corrected chi connectivity index (χ3v) is 3.76. The van der Waals surface area contributed by atoms with Crippen LogP contribution in [0.3, 0.4) is 0 Å². The van der Waals surface area contributed by atoms with Crippen LogP contribution in [0.4, 0.5) is 0 Å². The number of carbonyl (C=O) groups is 1. The number of carboxylic acid groups (broad SMARTS) is 1. The molecule has 0 amide bonds. The molecule has 17 heavy (non-hydrogen) atoms. The van der Waals surface area contributed by atoms with E-state index in [1.165, 1.54) is 19.2 Å². The van der Waals surface area contributed by atoms with E-state index in [1.807, 2.05) is 0 Å². The maximum Gasteiger partial charge on any atom is 0.326 e. The average molecular weight is 237 g/mol.